The van der Waals surface area contributed by atoms with E-state index in [1.807, 2.05) is 0 Å². The Labute approximate surface area is 436 Å². The highest BCUT2D eigenvalue weighted by Crippen LogP contribution is 2.49. The lowest BCUT2D eigenvalue weighted by molar-refractivity contribution is 0.641. The summed E-state index contributed by atoms with van der Waals surface area (Å²) >= 11 is 0. The molecule has 0 spiro atoms. The Morgan fingerprint density at radius 3 is 0.784 bits per heavy atom. The summed E-state index contributed by atoms with van der Waals surface area (Å²) in [5, 5.41) is 7.13. The average molecular weight is 951 g/mol. The molecule has 2 nitrogen and oxygen atoms in total. The third-order valence-electron chi connectivity index (χ3n) is 15.5. The molecule has 0 bridgehead atoms. The van der Waals surface area contributed by atoms with Gasteiger partial charge < -0.3 is 9.80 Å². The van der Waals surface area contributed by atoms with E-state index in [-0.39, 0.29) is 10.8 Å². The van der Waals surface area contributed by atoms with E-state index in [0.29, 0.717) is 0 Å². The van der Waals surface area contributed by atoms with E-state index in [9.17, 15) is 0 Å². The van der Waals surface area contributed by atoms with E-state index in [1.165, 1.54) is 76.8 Å². The van der Waals surface area contributed by atoms with Crippen molar-refractivity contribution in [1.82, 2.24) is 0 Å². The van der Waals surface area contributed by atoms with Gasteiger partial charge in [-0.1, -0.05) is 246 Å². The van der Waals surface area contributed by atoms with Crippen LogP contribution in [0, 0.1) is 0 Å². The van der Waals surface area contributed by atoms with Gasteiger partial charge in [-0.15, -0.1) is 0 Å². The maximum atomic E-state index is 2.46. The van der Waals surface area contributed by atoms with Crippen molar-refractivity contribution < 1.29 is 0 Å². The second kappa shape index (κ2) is 19.2. The molecule has 12 rings (SSSR count). The predicted octanol–water partition coefficient (Wildman–Crippen LogP) is 20.1. The van der Waals surface area contributed by atoms with Crippen LogP contribution in [0.15, 0.2) is 279 Å². The van der Waals surface area contributed by atoms with Crippen LogP contribution in [0.5, 0.6) is 0 Å². The van der Waals surface area contributed by atoms with Crippen LogP contribution in [0.1, 0.15) is 49.9 Å². The summed E-state index contributed by atoms with van der Waals surface area (Å²) in [6.45, 7) is 9.26. The molecule has 0 aliphatic rings. The molecule has 12 aromatic rings. The Morgan fingerprint density at radius 2 is 0.459 bits per heavy atom. The van der Waals surface area contributed by atoms with E-state index < -0.39 is 0 Å². The third-order valence-corrected chi connectivity index (χ3v) is 15.5. The fraction of sp³-hybridized carbons (Fsp3) is 0.0833. The minimum Gasteiger partial charge on any atom is -0.310 e. The Morgan fingerprint density at radius 1 is 0.216 bits per heavy atom. The molecule has 0 aromatic heterocycles. The van der Waals surface area contributed by atoms with Crippen molar-refractivity contribution in [2.24, 2.45) is 0 Å². The van der Waals surface area contributed by atoms with Gasteiger partial charge in [-0.2, -0.15) is 0 Å². The monoisotopic (exact) mass is 950 g/mol. The number of benzene rings is 12. The fourth-order valence-corrected chi connectivity index (χ4v) is 11.1. The molecular weight excluding hydrogens is 893 g/mol. The predicted molar refractivity (Wildman–Crippen MR) is 316 cm³/mol. The Kier molecular flexibility index (Phi) is 12.0. The Balaban J connectivity index is 1.05. The van der Waals surface area contributed by atoms with Crippen LogP contribution < -0.4 is 9.80 Å². The molecule has 12 aromatic carbocycles. The smallest absolute Gasteiger partial charge is 0.0546 e. The normalized spacial score (nSPS) is 11.8. The molecule has 0 aliphatic carbocycles. The number of hydrogen-bond donors (Lipinski definition) is 0. The van der Waals surface area contributed by atoms with Gasteiger partial charge in [0, 0.05) is 44.4 Å². The quantitative estimate of drug-likeness (QED) is 0.113. The molecule has 0 N–H and O–H groups in total. The summed E-state index contributed by atoms with van der Waals surface area (Å²) in [6, 6.07) is 102. The van der Waals surface area contributed by atoms with Gasteiger partial charge in [-0.3, -0.25) is 0 Å². The van der Waals surface area contributed by atoms with Crippen molar-refractivity contribution in [1.29, 1.82) is 0 Å². The number of nitrogens with zero attached hydrogens (tertiary/aromatic N) is 2. The van der Waals surface area contributed by atoms with E-state index >= 15 is 0 Å². The fourth-order valence-electron chi connectivity index (χ4n) is 11.1. The molecule has 0 radical (unpaired) electrons. The molecule has 0 unspecified atom stereocenters. The molecule has 0 saturated carbocycles. The highest BCUT2D eigenvalue weighted by molar-refractivity contribution is 6.24. The van der Waals surface area contributed by atoms with Crippen LogP contribution in [-0.4, -0.2) is 0 Å². The molecule has 0 fully saturated rings. The van der Waals surface area contributed by atoms with Gasteiger partial charge in [0.15, 0.2) is 0 Å². The molecule has 0 heterocycles. The summed E-state index contributed by atoms with van der Waals surface area (Å²) in [7, 11) is 0. The van der Waals surface area contributed by atoms with Crippen molar-refractivity contribution in [3.8, 4) is 22.3 Å². The Hall–Kier alpha value is -8.98. The molecule has 2 heteroatoms. The van der Waals surface area contributed by atoms with Gasteiger partial charge in [0.1, 0.15) is 0 Å². The molecule has 0 atom stereocenters. The van der Waals surface area contributed by atoms with E-state index in [2.05, 4.69) is 317 Å². The molecular formula is C72H58N2. The molecule has 0 aliphatic heterocycles. The van der Waals surface area contributed by atoms with Gasteiger partial charge in [0.2, 0.25) is 0 Å². The summed E-state index contributed by atoms with van der Waals surface area (Å²) in [5.74, 6) is 0. The van der Waals surface area contributed by atoms with Crippen molar-refractivity contribution in [2.45, 2.75) is 38.5 Å². The summed E-state index contributed by atoms with van der Waals surface area (Å²) in [6.07, 6.45) is 0. The van der Waals surface area contributed by atoms with Gasteiger partial charge in [0.05, 0.1) is 11.4 Å². The summed E-state index contributed by atoms with van der Waals surface area (Å²) in [4.78, 5) is 4.91. The first-order valence-corrected chi connectivity index (χ1v) is 25.8. The average Bonchev–Trinajstić information content (AvgIpc) is 3.47. The number of anilines is 6. The first kappa shape index (κ1) is 46.1. The van der Waals surface area contributed by atoms with Crippen LogP contribution in [0.2, 0.25) is 0 Å². The molecule has 0 amide bonds. The van der Waals surface area contributed by atoms with Crippen LogP contribution >= 0.6 is 0 Å². The minimum absolute atomic E-state index is 0.174. The second-order valence-corrected chi connectivity index (χ2v) is 20.6. The number of rotatable bonds is 12. The van der Waals surface area contributed by atoms with Crippen LogP contribution in [0.3, 0.4) is 0 Å². The first-order chi connectivity index (χ1) is 36.2. The number of hydrogen-bond acceptors (Lipinski definition) is 2. The van der Waals surface area contributed by atoms with E-state index in [1.54, 1.807) is 0 Å². The lowest BCUT2D eigenvalue weighted by Gasteiger charge is -2.31. The summed E-state index contributed by atoms with van der Waals surface area (Å²) < 4.78 is 0. The van der Waals surface area contributed by atoms with E-state index in [0.717, 1.165) is 34.1 Å². The van der Waals surface area contributed by atoms with Crippen LogP contribution in [0.25, 0.3) is 54.6 Å². The first-order valence-electron chi connectivity index (χ1n) is 25.8. The molecule has 74 heavy (non-hydrogen) atoms. The highest BCUT2D eigenvalue weighted by Gasteiger charge is 2.27. The second-order valence-electron chi connectivity index (χ2n) is 20.6. The zero-order valence-electron chi connectivity index (χ0n) is 42.5. The standard InChI is InChI=1S/C72H58N2/c1-71(2,55-25-13-7-14-26-55)57-37-45-61(46-38-57)73(59-41-33-53(34-42-59)51-21-9-5-10-22-51)69-49-67-64-30-18-20-32-66(64)70(50-68(67)63-29-17-19-31-65(63)69)74(60-43-35-54(36-44-60)52-23-11-6-12-24-52)62-47-39-58(40-48-62)72(3,4)56-27-15-8-16-28-56/h5-50H,1-4H3. The van der Waals surface area contributed by atoms with Crippen molar-refractivity contribution >= 4 is 66.4 Å². The molecule has 0 saturated heterocycles. The largest absolute Gasteiger partial charge is 0.310 e. The maximum Gasteiger partial charge on any atom is 0.0546 e. The zero-order valence-corrected chi connectivity index (χ0v) is 42.5. The molecule has 356 valence electrons. The van der Waals surface area contributed by atoms with Crippen LogP contribution in [0.4, 0.5) is 34.1 Å². The topological polar surface area (TPSA) is 6.48 Å². The van der Waals surface area contributed by atoms with Crippen LogP contribution in [-0.2, 0) is 10.8 Å². The minimum atomic E-state index is -0.174. The van der Waals surface area contributed by atoms with E-state index in [4.69, 9.17) is 0 Å². The lowest BCUT2D eigenvalue weighted by atomic mass is 9.78. The van der Waals surface area contributed by atoms with Crippen molar-refractivity contribution in [3.63, 3.8) is 0 Å². The highest BCUT2D eigenvalue weighted by atomic mass is 15.2. The SMILES string of the molecule is CC(C)(c1ccccc1)c1ccc(N(c2ccc(-c3ccccc3)cc2)c2cc3c4ccccc4c(N(c4ccc(-c5ccccc5)cc4)c4ccc(C(C)(C)c5ccccc5)cc4)cc3c3ccccc23)cc1. The van der Waals surface area contributed by atoms with Crippen molar-refractivity contribution in [2.75, 3.05) is 9.80 Å². The maximum absolute atomic E-state index is 2.46. The van der Waals surface area contributed by atoms with Gasteiger partial charge >= 0.3 is 0 Å². The lowest BCUT2D eigenvalue weighted by Crippen LogP contribution is -2.19. The van der Waals surface area contributed by atoms with Gasteiger partial charge in [-0.05, 0) is 127 Å². The summed E-state index contributed by atoms with van der Waals surface area (Å²) in [5.41, 5.74) is 16.2. The zero-order chi connectivity index (χ0) is 50.2. The third kappa shape index (κ3) is 8.49. The van der Waals surface area contributed by atoms with Gasteiger partial charge in [0.25, 0.3) is 0 Å². The van der Waals surface area contributed by atoms with Gasteiger partial charge in [-0.25, -0.2) is 0 Å². The van der Waals surface area contributed by atoms with Crippen molar-refractivity contribution in [3.05, 3.63) is 301 Å². The Bertz CT molecular complexity index is 3620. The number of fused-ring (bicyclic) bond motifs is 5.